The van der Waals surface area contributed by atoms with Crippen LogP contribution >= 0.6 is 0 Å². The normalized spacial score (nSPS) is 16.2. The van der Waals surface area contributed by atoms with Crippen LogP contribution in [0.5, 0.6) is 0 Å². The number of amides is 1. The molecule has 0 spiro atoms. The lowest BCUT2D eigenvalue weighted by Crippen LogP contribution is -2.41. The van der Waals surface area contributed by atoms with Crippen LogP contribution in [-0.2, 0) is 24.1 Å². The molecule has 0 radical (unpaired) electrons. The molecule has 6 rings (SSSR count). The maximum absolute atomic E-state index is 12.8. The van der Waals surface area contributed by atoms with Crippen molar-refractivity contribution in [3.63, 3.8) is 0 Å². The van der Waals surface area contributed by atoms with E-state index in [1.807, 2.05) is 18.3 Å². The Morgan fingerprint density at radius 3 is 2.51 bits per heavy atom. The van der Waals surface area contributed by atoms with Gasteiger partial charge in [0.2, 0.25) is 23.8 Å². The summed E-state index contributed by atoms with van der Waals surface area (Å²) in [6, 6.07) is 17.0. The molecule has 9 heteroatoms. The van der Waals surface area contributed by atoms with Crippen LogP contribution < -0.4 is 21.3 Å². The number of rotatable bonds is 7. The molecular weight excluding hydrogens is 464 g/mol. The fourth-order valence-electron chi connectivity index (χ4n) is 5.57. The number of para-hydroxylation sites is 1. The second kappa shape index (κ2) is 10.1. The third kappa shape index (κ3) is 5.07. The Balaban J connectivity index is 1.01. The first-order chi connectivity index (χ1) is 18.1. The summed E-state index contributed by atoms with van der Waals surface area (Å²) in [6.07, 6.45) is 6.23. The number of anilines is 3. The zero-order chi connectivity index (χ0) is 25.2. The minimum atomic E-state index is -0.00649. The first kappa shape index (κ1) is 23.3. The van der Waals surface area contributed by atoms with Gasteiger partial charge in [-0.15, -0.1) is 0 Å². The predicted octanol–water partition coefficient (Wildman–Crippen LogP) is 3.09. The summed E-state index contributed by atoms with van der Waals surface area (Å²) >= 11 is 0. The summed E-state index contributed by atoms with van der Waals surface area (Å²) in [6.45, 7) is 2.04. The second-order valence-electron chi connectivity index (χ2n) is 10.00. The molecule has 1 aliphatic heterocycles. The average Bonchev–Trinajstić information content (AvgIpc) is 3.52. The maximum atomic E-state index is 12.8. The Morgan fingerprint density at radius 1 is 1.00 bits per heavy atom. The molecule has 37 heavy (non-hydrogen) atoms. The number of carbonyl (C=O) groups is 1. The Bertz CT molecular complexity index is 1380. The standard InChI is InChI=1S/C28H32N8O/c29-26-33-27(32-22-15-19-5-1-2-6-20(19)16-22)35-28(34-26)36-13-10-18(11-14-36)25(37)30-12-9-21-17-31-24-8-4-3-7-23(21)24/h1-8,17-18,22,31H,9-16H2,(H,30,37)(H3,29,32,33,34,35). The van der Waals surface area contributed by atoms with Crippen molar-refractivity contribution in [1.29, 1.82) is 0 Å². The first-order valence-corrected chi connectivity index (χ1v) is 13.0. The SMILES string of the molecule is Nc1nc(NC2Cc3ccccc3C2)nc(N2CCC(C(=O)NCCc3c[nH]c4ccccc34)CC2)n1. The van der Waals surface area contributed by atoms with E-state index in [2.05, 4.69) is 71.9 Å². The van der Waals surface area contributed by atoms with Crippen LogP contribution in [0.3, 0.4) is 0 Å². The van der Waals surface area contributed by atoms with E-state index in [0.717, 1.165) is 37.6 Å². The molecule has 2 aromatic heterocycles. The van der Waals surface area contributed by atoms with E-state index in [-0.39, 0.29) is 23.8 Å². The third-order valence-electron chi connectivity index (χ3n) is 7.54. The van der Waals surface area contributed by atoms with Crippen LogP contribution in [0.15, 0.2) is 54.7 Å². The number of hydrogen-bond acceptors (Lipinski definition) is 7. The molecule has 1 fully saturated rings. The number of fused-ring (bicyclic) bond motifs is 2. The van der Waals surface area contributed by atoms with E-state index in [1.54, 1.807) is 0 Å². The summed E-state index contributed by atoms with van der Waals surface area (Å²) in [7, 11) is 0. The van der Waals surface area contributed by atoms with Crippen LogP contribution in [0.25, 0.3) is 10.9 Å². The van der Waals surface area contributed by atoms with Crippen LogP contribution in [0.1, 0.15) is 29.5 Å². The number of piperidine rings is 1. The number of hydrogen-bond donors (Lipinski definition) is 4. The fourth-order valence-corrected chi connectivity index (χ4v) is 5.57. The van der Waals surface area contributed by atoms with E-state index < -0.39 is 0 Å². The van der Waals surface area contributed by atoms with Gasteiger partial charge in [0.05, 0.1) is 0 Å². The number of nitrogens with zero attached hydrogens (tertiary/aromatic N) is 4. The molecular formula is C28H32N8O. The van der Waals surface area contributed by atoms with E-state index in [4.69, 9.17) is 5.73 Å². The van der Waals surface area contributed by atoms with Gasteiger partial charge in [-0.3, -0.25) is 4.79 Å². The minimum absolute atomic E-state index is 0.00649. The van der Waals surface area contributed by atoms with Gasteiger partial charge in [-0.25, -0.2) is 0 Å². The first-order valence-electron chi connectivity index (χ1n) is 13.0. The fraction of sp³-hybridized carbons (Fsp3) is 0.357. The van der Waals surface area contributed by atoms with Gasteiger partial charge in [-0.1, -0.05) is 42.5 Å². The van der Waals surface area contributed by atoms with Crippen molar-refractivity contribution < 1.29 is 4.79 Å². The molecule has 0 saturated carbocycles. The predicted molar refractivity (Wildman–Crippen MR) is 145 cm³/mol. The van der Waals surface area contributed by atoms with Gasteiger partial charge in [0.1, 0.15) is 0 Å². The number of H-pyrrole nitrogens is 1. The number of aromatic nitrogens is 4. The summed E-state index contributed by atoms with van der Waals surface area (Å²) in [4.78, 5) is 31.6. The van der Waals surface area contributed by atoms with Gasteiger partial charge in [0.25, 0.3) is 0 Å². The molecule has 0 atom stereocenters. The molecule has 2 aromatic carbocycles. The average molecular weight is 497 g/mol. The van der Waals surface area contributed by atoms with Crippen molar-refractivity contribution in [1.82, 2.24) is 25.3 Å². The van der Waals surface area contributed by atoms with E-state index in [9.17, 15) is 4.79 Å². The van der Waals surface area contributed by atoms with Crippen molar-refractivity contribution in [2.45, 2.75) is 38.1 Å². The highest BCUT2D eigenvalue weighted by molar-refractivity contribution is 5.83. The van der Waals surface area contributed by atoms with Gasteiger partial charge in [-0.05, 0) is 54.9 Å². The maximum Gasteiger partial charge on any atom is 0.231 e. The van der Waals surface area contributed by atoms with Crippen molar-refractivity contribution in [2.24, 2.45) is 5.92 Å². The topological polar surface area (TPSA) is 125 Å². The van der Waals surface area contributed by atoms with Crippen molar-refractivity contribution >= 4 is 34.7 Å². The number of aromatic amines is 1. The van der Waals surface area contributed by atoms with Gasteiger partial charge >= 0.3 is 0 Å². The Hall–Kier alpha value is -4.14. The van der Waals surface area contributed by atoms with Crippen LogP contribution in [0, 0.1) is 5.92 Å². The molecule has 2 aliphatic rings. The number of nitrogen functional groups attached to an aromatic ring is 1. The Morgan fingerprint density at radius 2 is 1.73 bits per heavy atom. The molecule has 1 saturated heterocycles. The zero-order valence-corrected chi connectivity index (χ0v) is 20.8. The highest BCUT2D eigenvalue weighted by Gasteiger charge is 2.27. The molecule has 5 N–H and O–H groups in total. The smallest absolute Gasteiger partial charge is 0.231 e. The summed E-state index contributed by atoms with van der Waals surface area (Å²) in [5, 5.41) is 7.79. The Kier molecular flexibility index (Phi) is 6.34. The van der Waals surface area contributed by atoms with Crippen molar-refractivity contribution in [3.8, 4) is 0 Å². The van der Waals surface area contributed by atoms with E-state index >= 15 is 0 Å². The van der Waals surface area contributed by atoms with Crippen LogP contribution in [0.4, 0.5) is 17.8 Å². The largest absolute Gasteiger partial charge is 0.368 e. The lowest BCUT2D eigenvalue weighted by atomic mass is 9.96. The van der Waals surface area contributed by atoms with Gasteiger partial charge in [0.15, 0.2) is 0 Å². The number of benzene rings is 2. The lowest BCUT2D eigenvalue weighted by Gasteiger charge is -2.31. The monoisotopic (exact) mass is 496 g/mol. The molecule has 0 bridgehead atoms. The van der Waals surface area contributed by atoms with Gasteiger partial charge in [0, 0.05) is 48.7 Å². The Labute approximate surface area is 215 Å². The summed E-state index contributed by atoms with van der Waals surface area (Å²) < 4.78 is 0. The number of carbonyl (C=O) groups excluding carboxylic acids is 1. The van der Waals surface area contributed by atoms with Crippen molar-refractivity contribution in [3.05, 3.63) is 71.4 Å². The number of nitrogens with one attached hydrogen (secondary N) is 3. The molecule has 1 aliphatic carbocycles. The van der Waals surface area contributed by atoms with E-state index in [0.29, 0.717) is 31.5 Å². The molecule has 0 unspecified atom stereocenters. The summed E-state index contributed by atoms with van der Waals surface area (Å²) in [5.41, 5.74) is 11.1. The van der Waals surface area contributed by atoms with Crippen molar-refractivity contribution in [2.75, 3.05) is 35.6 Å². The molecule has 3 heterocycles. The lowest BCUT2D eigenvalue weighted by molar-refractivity contribution is -0.125. The highest BCUT2D eigenvalue weighted by Crippen LogP contribution is 2.26. The van der Waals surface area contributed by atoms with Gasteiger partial charge < -0.3 is 26.3 Å². The van der Waals surface area contributed by atoms with Crippen LogP contribution in [-0.4, -0.2) is 51.5 Å². The quantitative estimate of drug-likeness (QED) is 0.310. The summed E-state index contributed by atoms with van der Waals surface area (Å²) in [5.74, 6) is 1.41. The molecule has 190 valence electrons. The number of nitrogens with two attached hydrogens (primary N) is 1. The molecule has 4 aromatic rings. The van der Waals surface area contributed by atoms with E-state index in [1.165, 1.54) is 22.1 Å². The third-order valence-corrected chi connectivity index (χ3v) is 7.54. The highest BCUT2D eigenvalue weighted by atomic mass is 16.1. The zero-order valence-electron chi connectivity index (χ0n) is 20.8. The minimum Gasteiger partial charge on any atom is -0.368 e. The molecule has 1 amide bonds. The van der Waals surface area contributed by atoms with Gasteiger partial charge in [-0.2, -0.15) is 15.0 Å². The molecule has 9 nitrogen and oxygen atoms in total. The van der Waals surface area contributed by atoms with Crippen LogP contribution in [0.2, 0.25) is 0 Å². The second-order valence-corrected chi connectivity index (χ2v) is 10.00.